The lowest BCUT2D eigenvalue weighted by Gasteiger charge is -2.24. The van der Waals surface area contributed by atoms with E-state index >= 15 is 0 Å². The number of β-amino-alcohol motifs (C(OH)–C–C–N with tert-alkyl or cyclic N) is 1. The molecule has 128 valence electrons. The first-order chi connectivity index (χ1) is 12.1. The van der Waals surface area contributed by atoms with Gasteiger partial charge in [-0.3, -0.25) is 9.69 Å². The van der Waals surface area contributed by atoms with E-state index in [0.717, 1.165) is 16.5 Å². The van der Waals surface area contributed by atoms with Crippen LogP contribution in [0.5, 0.6) is 0 Å². The number of benzene rings is 2. The molecule has 0 amide bonds. The van der Waals surface area contributed by atoms with Gasteiger partial charge in [0.2, 0.25) is 0 Å². The Morgan fingerprint density at radius 2 is 2.00 bits per heavy atom. The van der Waals surface area contributed by atoms with Crippen molar-refractivity contribution in [2.24, 2.45) is 0 Å². The Balaban J connectivity index is 1.66. The van der Waals surface area contributed by atoms with Gasteiger partial charge in [0.1, 0.15) is 5.82 Å². The standard InChI is InChI=1S/C20H19FN2O2/c21-16-6-3-5-14(9-16)19-10-17(24)12-23(19)11-15-8-13-4-1-2-7-18(13)22-20(15)25/h1-9,17,19,24H,10-12H2,(H,22,25)/t17-,19+/m1/s1. The van der Waals surface area contributed by atoms with Gasteiger partial charge in [-0.1, -0.05) is 30.3 Å². The van der Waals surface area contributed by atoms with Gasteiger partial charge in [-0.25, -0.2) is 4.39 Å². The fourth-order valence-corrected chi connectivity index (χ4v) is 3.64. The summed E-state index contributed by atoms with van der Waals surface area (Å²) in [6.45, 7) is 0.881. The van der Waals surface area contributed by atoms with E-state index < -0.39 is 6.10 Å². The Hall–Kier alpha value is -2.50. The molecule has 0 unspecified atom stereocenters. The maximum atomic E-state index is 13.6. The van der Waals surface area contributed by atoms with Crippen molar-refractivity contribution in [2.75, 3.05) is 6.54 Å². The van der Waals surface area contributed by atoms with E-state index in [1.165, 1.54) is 12.1 Å². The zero-order chi connectivity index (χ0) is 17.4. The van der Waals surface area contributed by atoms with E-state index in [-0.39, 0.29) is 17.4 Å². The highest BCUT2D eigenvalue weighted by Crippen LogP contribution is 2.33. The highest BCUT2D eigenvalue weighted by Gasteiger charge is 2.32. The smallest absolute Gasteiger partial charge is 0.252 e. The van der Waals surface area contributed by atoms with Gasteiger partial charge in [-0.2, -0.15) is 0 Å². The van der Waals surface area contributed by atoms with Crippen molar-refractivity contribution in [3.63, 3.8) is 0 Å². The number of aromatic nitrogens is 1. The fraction of sp³-hybridized carbons (Fsp3) is 0.250. The molecule has 0 bridgehead atoms. The molecule has 2 atom stereocenters. The van der Waals surface area contributed by atoms with Crippen molar-refractivity contribution in [1.29, 1.82) is 0 Å². The van der Waals surface area contributed by atoms with Gasteiger partial charge in [0.15, 0.2) is 0 Å². The van der Waals surface area contributed by atoms with Crippen LogP contribution in [0.3, 0.4) is 0 Å². The van der Waals surface area contributed by atoms with Crippen LogP contribution in [-0.2, 0) is 6.54 Å². The number of rotatable bonds is 3. The molecule has 1 saturated heterocycles. The summed E-state index contributed by atoms with van der Waals surface area (Å²) in [6.07, 6.45) is 0.0578. The van der Waals surface area contributed by atoms with Crippen LogP contribution in [0.1, 0.15) is 23.6 Å². The third-order valence-corrected chi connectivity index (χ3v) is 4.82. The molecule has 2 heterocycles. The third-order valence-electron chi connectivity index (χ3n) is 4.82. The Bertz CT molecular complexity index is 969. The lowest BCUT2D eigenvalue weighted by Crippen LogP contribution is -2.28. The van der Waals surface area contributed by atoms with Crippen molar-refractivity contribution < 1.29 is 9.50 Å². The second kappa shape index (κ2) is 6.43. The Morgan fingerprint density at radius 3 is 2.84 bits per heavy atom. The highest BCUT2D eigenvalue weighted by molar-refractivity contribution is 5.78. The topological polar surface area (TPSA) is 56.3 Å². The van der Waals surface area contributed by atoms with Crippen LogP contribution in [0.2, 0.25) is 0 Å². The first-order valence-electron chi connectivity index (χ1n) is 8.39. The number of aromatic amines is 1. The quantitative estimate of drug-likeness (QED) is 0.772. The number of aliphatic hydroxyl groups is 1. The molecule has 0 aliphatic carbocycles. The number of hydrogen-bond donors (Lipinski definition) is 2. The van der Waals surface area contributed by atoms with Crippen molar-refractivity contribution >= 4 is 10.9 Å². The van der Waals surface area contributed by atoms with E-state index in [0.29, 0.717) is 25.1 Å². The molecule has 3 aromatic rings. The van der Waals surface area contributed by atoms with E-state index in [4.69, 9.17) is 0 Å². The zero-order valence-electron chi connectivity index (χ0n) is 13.7. The molecule has 0 saturated carbocycles. The molecule has 1 aliphatic heterocycles. The number of pyridine rings is 1. The van der Waals surface area contributed by atoms with Crippen molar-refractivity contribution in [2.45, 2.75) is 25.1 Å². The van der Waals surface area contributed by atoms with Crippen LogP contribution in [0.25, 0.3) is 10.9 Å². The van der Waals surface area contributed by atoms with Gasteiger partial charge in [0.05, 0.1) is 6.10 Å². The molecule has 1 aromatic heterocycles. The number of fused-ring (bicyclic) bond motifs is 1. The Labute approximate surface area is 144 Å². The molecule has 1 fully saturated rings. The van der Waals surface area contributed by atoms with E-state index in [2.05, 4.69) is 4.98 Å². The summed E-state index contributed by atoms with van der Waals surface area (Å²) in [6, 6.07) is 15.9. The maximum absolute atomic E-state index is 13.6. The molecule has 2 aromatic carbocycles. The predicted octanol–water partition coefficient (Wildman–Crippen LogP) is 2.98. The summed E-state index contributed by atoms with van der Waals surface area (Å²) in [7, 11) is 0. The number of para-hydroxylation sites is 1. The van der Waals surface area contributed by atoms with Gasteiger partial charge in [-0.15, -0.1) is 0 Å². The molecule has 4 nitrogen and oxygen atoms in total. The van der Waals surface area contributed by atoms with Crippen LogP contribution >= 0.6 is 0 Å². The minimum atomic E-state index is -0.479. The summed E-state index contributed by atoms with van der Waals surface area (Å²) in [5, 5.41) is 11.1. The molecule has 1 aliphatic rings. The average Bonchev–Trinajstić information content (AvgIpc) is 2.96. The molecular formula is C20H19FN2O2. The highest BCUT2D eigenvalue weighted by atomic mass is 19.1. The molecule has 0 radical (unpaired) electrons. The summed E-state index contributed by atoms with van der Waals surface area (Å²) >= 11 is 0. The summed E-state index contributed by atoms with van der Waals surface area (Å²) < 4.78 is 13.6. The third kappa shape index (κ3) is 3.21. The number of halogens is 1. The number of aliphatic hydroxyl groups excluding tert-OH is 1. The first kappa shape index (κ1) is 16.0. The number of nitrogens with one attached hydrogen (secondary N) is 1. The van der Waals surface area contributed by atoms with E-state index in [9.17, 15) is 14.3 Å². The van der Waals surface area contributed by atoms with Gasteiger partial charge < -0.3 is 10.1 Å². The van der Waals surface area contributed by atoms with Crippen LogP contribution in [0.15, 0.2) is 59.4 Å². The molecular weight excluding hydrogens is 319 g/mol. The molecule has 0 spiro atoms. The Kier molecular flexibility index (Phi) is 4.11. The van der Waals surface area contributed by atoms with Crippen molar-refractivity contribution in [3.05, 3.63) is 81.9 Å². The lowest BCUT2D eigenvalue weighted by molar-refractivity contribution is 0.172. The number of hydrogen-bond acceptors (Lipinski definition) is 3. The van der Waals surface area contributed by atoms with E-state index in [1.54, 1.807) is 6.07 Å². The van der Waals surface area contributed by atoms with Crippen LogP contribution in [-0.4, -0.2) is 27.6 Å². The Morgan fingerprint density at radius 1 is 1.16 bits per heavy atom. The van der Waals surface area contributed by atoms with Crippen LogP contribution in [0.4, 0.5) is 4.39 Å². The molecule has 2 N–H and O–H groups in total. The lowest BCUT2D eigenvalue weighted by atomic mass is 10.0. The number of H-pyrrole nitrogens is 1. The van der Waals surface area contributed by atoms with Crippen molar-refractivity contribution in [1.82, 2.24) is 9.88 Å². The first-order valence-corrected chi connectivity index (χ1v) is 8.39. The largest absolute Gasteiger partial charge is 0.392 e. The average molecular weight is 338 g/mol. The van der Waals surface area contributed by atoms with Gasteiger partial charge in [0.25, 0.3) is 5.56 Å². The van der Waals surface area contributed by atoms with Crippen LogP contribution in [0, 0.1) is 5.82 Å². The monoisotopic (exact) mass is 338 g/mol. The minimum Gasteiger partial charge on any atom is -0.392 e. The summed E-state index contributed by atoms with van der Waals surface area (Å²) in [4.78, 5) is 17.3. The SMILES string of the molecule is O=c1[nH]c2ccccc2cc1CN1C[C@H](O)C[C@H]1c1cccc(F)c1. The minimum absolute atomic E-state index is 0.100. The second-order valence-electron chi connectivity index (χ2n) is 6.60. The van der Waals surface area contributed by atoms with Gasteiger partial charge >= 0.3 is 0 Å². The van der Waals surface area contributed by atoms with Gasteiger partial charge in [0, 0.05) is 30.2 Å². The molecule has 4 rings (SSSR count). The molecule has 5 heteroatoms. The predicted molar refractivity (Wildman–Crippen MR) is 94.7 cm³/mol. The zero-order valence-corrected chi connectivity index (χ0v) is 13.7. The number of likely N-dealkylation sites (tertiary alicyclic amines) is 1. The summed E-state index contributed by atoms with van der Waals surface area (Å²) in [5.41, 5.74) is 2.15. The van der Waals surface area contributed by atoms with E-state index in [1.807, 2.05) is 41.3 Å². The number of nitrogens with zero attached hydrogens (tertiary/aromatic N) is 1. The van der Waals surface area contributed by atoms with Crippen molar-refractivity contribution in [3.8, 4) is 0 Å². The normalized spacial score (nSPS) is 21.0. The van der Waals surface area contributed by atoms with Crippen LogP contribution < -0.4 is 5.56 Å². The maximum Gasteiger partial charge on any atom is 0.252 e. The summed E-state index contributed by atoms with van der Waals surface area (Å²) in [5.74, 6) is -0.289. The molecule has 25 heavy (non-hydrogen) atoms. The fourth-order valence-electron chi connectivity index (χ4n) is 3.64. The van der Waals surface area contributed by atoms with Gasteiger partial charge in [-0.05, 0) is 41.6 Å². The second-order valence-corrected chi connectivity index (χ2v) is 6.60.